The minimum atomic E-state index is -0.973. The second kappa shape index (κ2) is 6.39. The van der Waals surface area contributed by atoms with Gasteiger partial charge in [-0.15, -0.1) is 0 Å². The van der Waals surface area contributed by atoms with Crippen LogP contribution >= 0.6 is 0 Å². The Balaban J connectivity index is 2.12. The third-order valence-electron chi connectivity index (χ3n) is 4.21. The van der Waals surface area contributed by atoms with E-state index in [0.717, 1.165) is 11.1 Å². The Hall–Kier alpha value is -2.76. The van der Waals surface area contributed by atoms with Crippen molar-refractivity contribution in [3.8, 4) is 0 Å². The average Bonchev–Trinajstić information content (AvgIpc) is 2.81. The Bertz CT molecular complexity index is 758. The molecule has 24 heavy (non-hydrogen) atoms. The second-order valence-corrected chi connectivity index (χ2v) is 5.77. The molecule has 0 unspecified atom stereocenters. The van der Waals surface area contributed by atoms with E-state index in [1.54, 1.807) is 6.92 Å². The number of benzene rings is 2. The molecule has 0 spiro atoms. The first-order valence-corrected chi connectivity index (χ1v) is 7.72. The van der Waals surface area contributed by atoms with Crippen LogP contribution in [0.1, 0.15) is 24.1 Å². The molecule has 2 aromatic carbocycles. The van der Waals surface area contributed by atoms with Crippen molar-refractivity contribution in [2.24, 2.45) is 11.5 Å². The second-order valence-electron chi connectivity index (χ2n) is 5.77. The Morgan fingerprint density at radius 1 is 0.792 bits per heavy atom. The SMILES string of the molecule is CC1=C(C(N)N)C(=O)N(C(c2ccccc2)c2ccccc2)C1=O. The number of hydrogen-bond acceptors (Lipinski definition) is 4. The molecule has 4 N–H and O–H groups in total. The predicted molar refractivity (Wildman–Crippen MR) is 91.4 cm³/mol. The number of carbonyl (C=O) groups is 2. The smallest absolute Gasteiger partial charge is 0.260 e. The third kappa shape index (κ3) is 2.64. The summed E-state index contributed by atoms with van der Waals surface area (Å²) in [7, 11) is 0. The number of amides is 2. The van der Waals surface area contributed by atoms with Crippen LogP contribution in [0.15, 0.2) is 71.8 Å². The van der Waals surface area contributed by atoms with E-state index in [9.17, 15) is 9.59 Å². The highest BCUT2D eigenvalue weighted by Gasteiger charge is 2.42. The summed E-state index contributed by atoms with van der Waals surface area (Å²) >= 11 is 0. The molecule has 5 heteroatoms. The van der Waals surface area contributed by atoms with Crippen LogP contribution in [-0.2, 0) is 9.59 Å². The van der Waals surface area contributed by atoms with Crippen molar-refractivity contribution in [3.05, 3.63) is 82.9 Å². The van der Waals surface area contributed by atoms with Crippen LogP contribution in [-0.4, -0.2) is 22.9 Å². The fraction of sp³-hybridized carbons (Fsp3) is 0.158. The van der Waals surface area contributed by atoms with Gasteiger partial charge in [0, 0.05) is 5.57 Å². The highest BCUT2D eigenvalue weighted by Crippen LogP contribution is 2.35. The third-order valence-corrected chi connectivity index (χ3v) is 4.21. The summed E-state index contributed by atoms with van der Waals surface area (Å²) in [5, 5.41) is 0. The van der Waals surface area contributed by atoms with E-state index in [4.69, 9.17) is 11.5 Å². The summed E-state index contributed by atoms with van der Waals surface area (Å²) in [6.07, 6.45) is -0.973. The summed E-state index contributed by atoms with van der Waals surface area (Å²) in [6.45, 7) is 1.59. The highest BCUT2D eigenvalue weighted by molar-refractivity contribution is 6.20. The van der Waals surface area contributed by atoms with Crippen molar-refractivity contribution in [3.63, 3.8) is 0 Å². The molecule has 3 rings (SSSR count). The van der Waals surface area contributed by atoms with Gasteiger partial charge in [-0.2, -0.15) is 0 Å². The fourth-order valence-electron chi connectivity index (χ4n) is 3.07. The Morgan fingerprint density at radius 3 is 1.62 bits per heavy atom. The molecule has 0 saturated heterocycles. The molecule has 0 radical (unpaired) electrons. The largest absolute Gasteiger partial charge is 0.312 e. The molecule has 0 bridgehead atoms. The van der Waals surface area contributed by atoms with Gasteiger partial charge in [0.05, 0.1) is 17.8 Å². The predicted octanol–water partition coefficient (Wildman–Crippen LogP) is 1.70. The van der Waals surface area contributed by atoms with E-state index in [1.807, 2.05) is 60.7 Å². The zero-order chi connectivity index (χ0) is 17.3. The highest BCUT2D eigenvalue weighted by atomic mass is 16.2. The molecule has 1 aliphatic rings. The van der Waals surface area contributed by atoms with Gasteiger partial charge in [0.1, 0.15) is 0 Å². The number of rotatable bonds is 4. The maximum absolute atomic E-state index is 12.8. The number of hydrogen-bond donors (Lipinski definition) is 2. The molecule has 1 aliphatic heterocycles. The monoisotopic (exact) mass is 321 g/mol. The van der Waals surface area contributed by atoms with E-state index in [2.05, 4.69) is 0 Å². The van der Waals surface area contributed by atoms with Crippen LogP contribution in [0.2, 0.25) is 0 Å². The minimum absolute atomic E-state index is 0.178. The molecule has 0 aliphatic carbocycles. The number of imide groups is 1. The molecule has 5 nitrogen and oxygen atoms in total. The van der Waals surface area contributed by atoms with Crippen LogP contribution in [0.5, 0.6) is 0 Å². The number of nitrogens with zero attached hydrogens (tertiary/aromatic N) is 1. The van der Waals surface area contributed by atoms with Gasteiger partial charge < -0.3 is 11.5 Å². The van der Waals surface area contributed by atoms with Gasteiger partial charge in [-0.05, 0) is 18.1 Å². The Morgan fingerprint density at radius 2 is 1.25 bits per heavy atom. The van der Waals surface area contributed by atoms with Crippen molar-refractivity contribution < 1.29 is 9.59 Å². The molecular formula is C19H19N3O2. The minimum Gasteiger partial charge on any atom is -0.312 e. The fourth-order valence-corrected chi connectivity index (χ4v) is 3.07. The van der Waals surface area contributed by atoms with Gasteiger partial charge in [-0.1, -0.05) is 60.7 Å². The first kappa shape index (κ1) is 16.1. The van der Waals surface area contributed by atoms with Crippen molar-refractivity contribution >= 4 is 11.8 Å². The molecule has 122 valence electrons. The van der Waals surface area contributed by atoms with Gasteiger partial charge in [0.15, 0.2) is 0 Å². The molecule has 0 aromatic heterocycles. The van der Waals surface area contributed by atoms with Gasteiger partial charge in [0.2, 0.25) is 0 Å². The maximum atomic E-state index is 12.8. The van der Waals surface area contributed by atoms with Crippen molar-refractivity contribution in [2.45, 2.75) is 19.1 Å². The molecule has 1 heterocycles. The Kier molecular flexibility index (Phi) is 4.29. The summed E-state index contributed by atoms with van der Waals surface area (Å²) in [5.74, 6) is -0.779. The van der Waals surface area contributed by atoms with Crippen molar-refractivity contribution in [2.75, 3.05) is 0 Å². The maximum Gasteiger partial charge on any atom is 0.260 e. The van der Waals surface area contributed by atoms with E-state index in [-0.39, 0.29) is 11.5 Å². The summed E-state index contributed by atoms with van der Waals surface area (Å²) < 4.78 is 0. The molecular weight excluding hydrogens is 302 g/mol. The average molecular weight is 321 g/mol. The van der Waals surface area contributed by atoms with Crippen LogP contribution in [0.3, 0.4) is 0 Å². The summed E-state index contributed by atoms with van der Waals surface area (Å²) in [5.41, 5.74) is 13.6. The van der Waals surface area contributed by atoms with E-state index in [1.165, 1.54) is 4.90 Å². The standard InChI is InChI=1S/C19H19N3O2/c1-12-15(17(20)21)19(24)22(18(12)23)16(13-8-4-2-5-9-13)14-10-6-3-7-11-14/h2-11,16-17H,20-21H2,1H3. The van der Waals surface area contributed by atoms with E-state index in [0.29, 0.717) is 5.57 Å². The summed E-state index contributed by atoms with van der Waals surface area (Å²) in [6, 6.07) is 18.4. The lowest BCUT2D eigenvalue weighted by molar-refractivity contribution is -0.139. The topological polar surface area (TPSA) is 89.4 Å². The van der Waals surface area contributed by atoms with Crippen molar-refractivity contribution in [1.29, 1.82) is 0 Å². The van der Waals surface area contributed by atoms with Gasteiger partial charge in [0.25, 0.3) is 11.8 Å². The van der Waals surface area contributed by atoms with Crippen LogP contribution < -0.4 is 11.5 Å². The molecule has 0 atom stereocenters. The number of nitrogens with two attached hydrogens (primary N) is 2. The van der Waals surface area contributed by atoms with E-state index >= 15 is 0 Å². The first-order valence-electron chi connectivity index (χ1n) is 7.72. The lowest BCUT2D eigenvalue weighted by Gasteiger charge is -2.28. The van der Waals surface area contributed by atoms with Crippen molar-refractivity contribution in [1.82, 2.24) is 4.90 Å². The van der Waals surface area contributed by atoms with Crippen LogP contribution in [0, 0.1) is 0 Å². The first-order chi connectivity index (χ1) is 11.5. The molecule has 2 amide bonds. The zero-order valence-corrected chi connectivity index (χ0v) is 13.3. The molecule has 0 saturated carbocycles. The Labute approximate surface area is 140 Å². The zero-order valence-electron chi connectivity index (χ0n) is 13.3. The molecule has 0 fully saturated rings. The molecule has 2 aromatic rings. The number of carbonyl (C=O) groups excluding carboxylic acids is 2. The van der Waals surface area contributed by atoms with Crippen LogP contribution in [0.25, 0.3) is 0 Å². The lowest BCUT2D eigenvalue weighted by Crippen LogP contribution is -2.41. The lowest BCUT2D eigenvalue weighted by atomic mass is 9.97. The quantitative estimate of drug-likeness (QED) is 0.662. The van der Waals surface area contributed by atoms with E-state index < -0.39 is 18.1 Å². The van der Waals surface area contributed by atoms with Gasteiger partial charge in [-0.3, -0.25) is 14.5 Å². The van der Waals surface area contributed by atoms with Gasteiger partial charge in [-0.25, -0.2) is 0 Å². The van der Waals surface area contributed by atoms with Crippen LogP contribution in [0.4, 0.5) is 0 Å². The van der Waals surface area contributed by atoms with Gasteiger partial charge >= 0.3 is 0 Å². The normalized spacial score (nSPS) is 15.1. The summed E-state index contributed by atoms with van der Waals surface area (Å²) in [4.78, 5) is 26.8.